The second kappa shape index (κ2) is 8.63. The van der Waals surface area contributed by atoms with Crippen LogP contribution in [0.2, 0.25) is 0 Å². The van der Waals surface area contributed by atoms with Gasteiger partial charge in [-0.2, -0.15) is 0 Å². The number of carbonyl (C=O) groups excluding carboxylic acids is 2. The molecule has 0 aromatic carbocycles. The summed E-state index contributed by atoms with van der Waals surface area (Å²) in [6.07, 6.45) is 4.59. The SMILES string of the molecule is CN(C)CCNC(=O)c1cnc(N2CCN(C(=O)c3ccco3)CC2)cn1. The maximum atomic E-state index is 12.3. The first kappa shape index (κ1) is 18.8. The number of carbonyl (C=O) groups is 2. The third kappa shape index (κ3) is 4.82. The van der Waals surface area contributed by atoms with Gasteiger partial charge in [0.2, 0.25) is 0 Å². The van der Waals surface area contributed by atoms with Crippen LogP contribution in [0.3, 0.4) is 0 Å². The monoisotopic (exact) mass is 372 g/mol. The van der Waals surface area contributed by atoms with Gasteiger partial charge in [0, 0.05) is 39.3 Å². The first-order valence-electron chi connectivity index (χ1n) is 8.87. The quantitative estimate of drug-likeness (QED) is 0.780. The van der Waals surface area contributed by atoms with Crippen LogP contribution in [-0.2, 0) is 0 Å². The highest BCUT2D eigenvalue weighted by Crippen LogP contribution is 2.14. The molecule has 2 aromatic heterocycles. The summed E-state index contributed by atoms with van der Waals surface area (Å²) in [6, 6.07) is 3.37. The van der Waals surface area contributed by atoms with Gasteiger partial charge in [-0.25, -0.2) is 9.97 Å². The number of hydrogen-bond donors (Lipinski definition) is 1. The number of aromatic nitrogens is 2. The van der Waals surface area contributed by atoms with E-state index in [2.05, 4.69) is 15.3 Å². The molecule has 0 bridgehead atoms. The van der Waals surface area contributed by atoms with E-state index in [9.17, 15) is 9.59 Å². The average molecular weight is 372 g/mol. The van der Waals surface area contributed by atoms with Crippen LogP contribution in [0.25, 0.3) is 0 Å². The molecular weight excluding hydrogens is 348 g/mol. The van der Waals surface area contributed by atoms with Crippen LogP contribution in [0.15, 0.2) is 35.2 Å². The zero-order chi connectivity index (χ0) is 19.2. The molecular formula is C18H24N6O3. The Hall–Kier alpha value is -2.94. The molecule has 1 saturated heterocycles. The first-order valence-corrected chi connectivity index (χ1v) is 8.87. The minimum Gasteiger partial charge on any atom is -0.459 e. The molecule has 1 fully saturated rings. The number of anilines is 1. The van der Waals surface area contributed by atoms with Crippen LogP contribution >= 0.6 is 0 Å². The molecule has 0 atom stereocenters. The topological polar surface area (TPSA) is 94.8 Å². The predicted molar refractivity (Wildman–Crippen MR) is 99.7 cm³/mol. The van der Waals surface area contributed by atoms with Gasteiger partial charge in [0.05, 0.1) is 18.7 Å². The summed E-state index contributed by atoms with van der Waals surface area (Å²) in [4.78, 5) is 38.7. The van der Waals surface area contributed by atoms with Crippen molar-refractivity contribution in [2.24, 2.45) is 0 Å². The summed E-state index contributed by atoms with van der Waals surface area (Å²) in [5.41, 5.74) is 0.295. The van der Waals surface area contributed by atoms with E-state index in [0.717, 1.165) is 6.54 Å². The lowest BCUT2D eigenvalue weighted by molar-refractivity contribution is 0.0714. The highest BCUT2D eigenvalue weighted by atomic mass is 16.3. The fraction of sp³-hybridized carbons (Fsp3) is 0.444. The molecule has 9 heteroatoms. The Morgan fingerprint density at radius 3 is 2.56 bits per heavy atom. The summed E-state index contributed by atoms with van der Waals surface area (Å²) in [5, 5.41) is 2.81. The molecule has 1 aliphatic heterocycles. The van der Waals surface area contributed by atoms with Gasteiger partial charge < -0.3 is 24.4 Å². The van der Waals surface area contributed by atoms with Gasteiger partial charge in [-0.1, -0.05) is 0 Å². The fourth-order valence-corrected chi connectivity index (χ4v) is 2.78. The minimum atomic E-state index is -0.232. The van der Waals surface area contributed by atoms with E-state index in [-0.39, 0.29) is 11.8 Å². The molecule has 2 amide bonds. The Balaban J connectivity index is 1.51. The summed E-state index contributed by atoms with van der Waals surface area (Å²) in [6.45, 7) is 3.77. The number of hydrogen-bond acceptors (Lipinski definition) is 7. The standard InChI is InChI=1S/C18H24N6O3/c1-22(2)6-5-19-17(25)14-12-21-16(13-20-14)23-7-9-24(10-8-23)18(26)15-4-3-11-27-15/h3-4,11-13H,5-10H2,1-2H3,(H,19,25). The third-order valence-corrected chi connectivity index (χ3v) is 4.34. The highest BCUT2D eigenvalue weighted by Gasteiger charge is 2.24. The van der Waals surface area contributed by atoms with Crippen molar-refractivity contribution in [3.05, 3.63) is 42.2 Å². The average Bonchev–Trinajstić information content (AvgIpc) is 3.22. The molecule has 3 heterocycles. The molecule has 1 N–H and O–H groups in total. The number of rotatable bonds is 6. The number of furan rings is 1. The van der Waals surface area contributed by atoms with Crippen LogP contribution < -0.4 is 10.2 Å². The normalized spacial score (nSPS) is 14.5. The minimum absolute atomic E-state index is 0.101. The van der Waals surface area contributed by atoms with Crippen LogP contribution in [0, 0.1) is 0 Å². The van der Waals surface area contributed by atoms with Gasteiger partial charge in [-0.3, -0.25) is 9.59 Å². The van der Waals surface area contributed by atoms with Crippen LogP contribution in [0.5, 0.6) is 0 Å². The van der Waals surface area contributed by atoms with E-state index in [1.165, 1.54) is 12.5 Å². The largest absolute Gasteiger partial charge is 0.459 e. The summed E-state index contributed by atoms with van der Waals surface area (Å²) in [7, 11) is 3.89. The fourth-order valence-electron chi connectivity index (χ4n) is 2.78. The van der Waals surface area contributed by atoms with Crippen molar-refractivity contribution in [3.63, 3.8) is 0 Å². The molecule has 27 heavy (non-hydrogen) atoms. The summed E-state index contributed by atoms with van der Waals surface area (Å²) >= 11 is 0. The molecule has 144 valence electrons. The highest BCUT2D eigenvalue weighted by molar-refractivity contribution is 5.92. The Morgan fingerprint density at radius 2 is 1.96 bits per heavy atom. The first-order chi connectivity index (χ1) is 13.0. The van der Waals surface area contributed by atoms with Crippen molar-refractivity contribution < 1.29 is 14.0 Å². The van der Waals surface area contributed by atoms with Crippen LogP contribution in [-0.4, -0.2) is 84.9 Å². The summed E-state index contributed by atoms with van der Waals surface area (Å²) in [5.74, 6) is 0.720. The van der Waals surface area contributed by atoms with Crippen molar-refractivity contribution >= 4 is 17.6 Å². The molecule has 0 unspecified atom stereocenters. The van der Waals surface area contributed by atoms with E-state index < -0.39 is 0 Å². The van der Waals surface area contributed by atoms with Gasteiger partial charge in [-0.15, -0.1) is 0 Å². The van der Waals surface area contributed by atoms with Crippen LogP contribution in [0.1, 0.15) is 21.0 Å². The van der Waals surface area contributed by atoms with E-state index in [1.54, 1.807) is 23.2 Å². The second-order valence-corrected chi connectivity index (χ2v) is 6.58. The van der Waals surface area contributed by atoms with Gasteiger partial charge in [-0.05, 0) is 26.2 Å². The molecule has 9 nitrogen and oxygen atoms in total. The molecule has 0 aliphatic carbocycles. The second-order valence-electron chi connectivity index (χ2n) is 6.58. The zero-order valence-corrected chi connectivity index (χ0v) is 15.6. The smallest absolute Gasteiger partial charge is 0.289 e. The molecule has 0 radical (unpaired) electrons. The van der Waals surface area contributed by atoms with E-state index in [4.69, 9.17) is 4.42 Å². The lowest BCUT2D eigenvalue weighted by Crippen LogP contribution is -2.49. The lowest BCUT2D eigenvalue weighted by Gasteiger charge is -2.34. The zero-order valence-electron chi connectivity index (χ0n) is 15.6. The molecule has 2 aromatic rings. The van der Waals surface area contributed by atoms with Crippen molar-refractivity contribution in [1.82, 2.24) is 25.1 Å². The van der Waals surface area contributed by atoms with Gasteiger partial charge in [0.15, 0.2) is 5.76 Å². The van der Waals surface area contributed by atoms with Crippen molar-refractivity contribution in [2.45, 2.75) is 0 Å². The van der Waals surface area contributed by atoms with Crippen molar-refractivity contribution in [3.8, 4) is 0 Å². The van der Waals surface area contributed by atoms with E-state index in [0.29, 0.717) is 50.0 Å². The lowest BCUT2D eigenvalue weighted by atomic mass is 10.3. The van der Waals surface area contributed by atoms with Gasteiger partial charge in [0.25, 0.3) is 11.8 Å². The number of nitrogens with one attached hydrogen (secondary N) is 1. The number of amides is 2. The van der Waals surface area contributed by atoms with Crippen molar-refractivity contribution in [2.75, 3.05) is 58.3 Å². The predicted octanol–water partition coefficient (Wildman–Crippen LogP) is 0.323. The molecule has 1 aliphatic rings. The van der Waals surface area contributed by atoms with Crippen LogP contribution in [0.4, 0.5) is 5.82 Å². The van der Waals surface area contributed by atoms with E-state index >= 15 is 0 Å². The number of piperazine rings is 1. The van der Waals surface area contributed by atoms with Gasteiger partial charge in [0.1, 0.15) is 11.5 Å². The molecule has 0 spiro atoms. The number of likely N-dealkylation sites (N-methyl/N-ethyl adjacent to an activating group) is 1. The Morgan fingerprint density at radius 1 is 1.19 bits per heavy atom. The van der Waals surface area contributed by atoms with Gasteiger partial charge >= 0.3 is 0 Å². The maximum Gasteiger partial charge on any atom is 0.289 e. The Bertz CT molecular complexity index is 752. The number of nitrogens with zero attached hydrogens (tertiary/aromatic N) is 5. The van der Waals surface area contributed by atoms with Crippen molar-refractivity contribution in [1.29, 1.82) is 0 Å². The third-order valence-electron chi connectivity index (χ3n) is 4.34. The summed E-state index contributed by atoms with van der Waals surface area (Å²) < 4.78 is 5.17. The molecule has 0 saturated carbocycles. The Kier molecular flexibility index (Phi) is 6.02. The molecule has 3 rings (SSSR count). The maximum absolute atomic E-state index is 12.3. The van der Waals surface area contributed by atoms with E-state index in [1.807, 2.05) is 23.9 Å². The Labute approximate surface area is 158 Å².